The van der Waals surface area contributed by atoms with Crippen molar-refractivity contribution in [1.82, 2.24) is 4.90 Å². The molecule has 0 spiro atoms. The fourth-order valence-electron chi connectivity index (χ4n) is 2.28. The van der Waals surface area contributed by atoms with Crippen molar-refractivity contribution in [2.24, 2.45) is 0 Å². The van der Waals surface area contributed by atoms with Gasteiger partial charge in [0, 0.05) is 13.1 Å². The van der Waals surface area contributed by atoms with Crippen LogP contribution in [0.2, 0.25) is 0 Å². The number of hydrogen-bond donors (Lipinski definition) is 1. The van der Waals surface area contributed by atoms with E-state index < -0.39 is 12.0 Å². The molecule has 1 saturated heterocycles. The third-order valence-electron chi connectivity index (χ3n) is 3.35. The minimum atomic E-state index is -0.791. The third kappa shape index (κ3) is 2.89. The quantitative estimate of drug-likeness (QED) is 0.882. The molecule has 1 aliphatic rings. The maximum Gasteiger partial charge on any atom is 0.325 e. The summed E-state index contributed by atoms with van der Waals surface area (Å²) in [6.45, 7) is 4.65. The molecule has 0 aromatic heterocycles. The Hall–Kier alpha value is -1.39. The topological polar surface area (TPSA) is 49.8 Å². The van der Waals surface area contributed by atoms with Gasteiger partial charge in [-0.3, -0.25) is 9.69 Å². The van der Waals surface area contributed by atoms with Crippen LogP contribution in [-0.4, -0.2) is 42.3 Å². The summed E-state index contributed by atoms with van der Waals surface area (Å²) in [4.78, 5) is 13.4. The molecule has 1 N–H and O–H groups in total. The number of hydrogen-bond acceptors (Lipinski definition) is 3. The first-order valence-corrected chi connectivity index (χ1v) is 6.36. The first kappa shape index (κ1) is 13.1. The van der Waals surface area contributed by atoms with E-state index in [9.17, 15) is 9.90 Å². The van der Waals surface area contributed by atoms with Crippen LogP contribution in [0.1, 0.15) is 24.1 Å². The van der Waals surface area contributed by atoms with Crippen molar-refractivity contribution in [2.45, 2.75) is 19.4 Å². The lowest BCUT2D eigenvalue weighted by atomic mass is 10.0. The lowest BCUT2D eigenvalue weighted by molar-refractivity contribution is -0.145. The highest BCUT2D eigenvalue weighted by atomic mass is 16.5. The Labute approximate surface area is 107 Å². The monoisotopic (exact) mass is 249 g/mol. The molecule has 1 aromatic rings. The number of benzene rings is 1. The summed E-state index contributed by atoms with van der Waals surface area (Å²) in [6.07, 6.45) is 0.968. The SMILES string of the molecule is CCc1ccc(C(C(=O)O)N2CCOCC2)cc1. The van der Waals surface area contributed by atoms with E-state index in [2.05, 4.69) is 6.92 Å². The first-order valence-electron chi connectivity index (χ1n) is 6.36. The Morgan fingerprint density at radius 2 is 1.94 bits per heavy atom. The highest BCUT2D eigenvalue weighted by Crippen LogP contribution is 2.22. The molecular weight excluding hydrogens is 230 g/mol. The van der Waals surface area contributed by atoms with Gasteiger partial charge in [0.15, 0.2) is 0 Å². The smallest absolute Gasteiger partial charge is 0.325 e. The van der Waals surface area contributed by atoms with Gasteiger partial charge in [0.1, 0.15) is 6.04 Å². The largest absolute Gasteiger partial charge is 0.480 e. The standard InChI is InChI=1S/C14H19NO3/c1-2-11-3-5-12(6-4-11)13(14(16)17)15-7-9-18-10-8-15/h3-6,13H,2,7-10H2,1H3,(H,16,17). The fourth-order valence-corrected chi connectivity index (χ4v) is 2.28. The number of morpholine rings is 1. The molecule has 0 amide bonds. The van der Waals surface area contributed by atoms with Crippen molar-refractivity contribution >= 4 is 5.97 Å². The second-order valence-electron chi connectivity index (χ2n) is 4.48. The van der Waals surface area contributed by atoms with Crippen LogP contribution in [0.25, 0.3) is 0 Å². The number of carboxylic acids is 1. The van der Waals surface area contributed by atoms with Gasteiger partial charge in [0.2, 0.25) is 0 Å². The van der Waals surface area contributed by atoms with Gasteiger partial charge in [-0.1, -0.05) is 31.2 Å². The molecule has 18 heavy (non-hydrogen) atoms. The van der Waals surface area contributed by atoms with Crippen molar-refractivity contribution < 1.29 is 14.6 Å². The summed E-state index contributed by atoms with van der Waals surface area (Å²) >= 11 is 0. The summed E-state index contributed by atoms with van der Waals surface area (Å²) < 4.78 is 5.27. The summed E-state index contributed by atoms with van der Waals surface area (Å²) in [5.74, 6) is -0.791. The number of nitrogens with zero attached hydrogens (tertiary/aromatic N) is 1. The van der Waals surface area contributed by atoms with Crippen molar-refractivity contribution in [1.29, 1.82) is 0 Å². The molecule has 4 heteroatoms. The average molecular weight is 249 g/mol. The van der Waals surface area contributed by atoms with E-state index in [-0.39, 0.29) is 0 Å². The number of aliphatic carboxylic acids is 1. The van der Waals surface area contributed by atoms with E-state index in [0.29, 0.717) is 26.3 Å². The van der Waals surface area contributed by atoms with E-state index in [1.165, 1.54) is 5.56 Å². The fraction of sp³-hybridized carbons (Fsp3) is 0.500. The number of carbonyl (C=O) groups is 1. The first-order chi connectivity index (χ1) is 8.72. The second-order valence-corrected chi connectivity index (χ2v) is 4.48. The van der Waals surface area contributed by atoms with Crippen LogP contribution in [0, 0.1) is 0 Å². The lowest BCUT2D eigenvalue weighted by Gasteiger charge is -2.32. The van der Waals surface area contributed by atoms with Gasteiger partial charge < -0.3 is 9.84 Å². The number of ether oxygens (including phenoxy) is 1. The molecular formula is C14H19NO3. The summed E-state index contributed by atoms with van der Waals surface area (Å²) in [5.41, 5.74) is 2.08. The molecule has 0 aliphatic carbocycles. The summed E-state index contributed by atoms with van der Waals surface area (Å²) in [6, 6.07) is 7.30. The third-order valence-corrected chi connectivity index (χ3v) is 3.35. The predicted octanol–water partition coefficient (Wildman–Crippen LogP) is 1.71. The molecule has 0 bridgehead atoms. The zero-order valence-electron chi connectivity index (χ0n) is 10.6. The number of aryl methyl sites for hydroxylation is 1. The molecule has 0 radical (unpaired) electrons. The molecule has 1 aliphatic heterocycles. The van der Waals surface area contributed by atoms with Crippen molar-refractivity contribution in [3.05, 3.63) is 35.4 Å². The van der Waals surface area contributed by atoms with Crippen molar-refractivity contribution in [3.63, 3.8) is 0 Å². The Kier molecular flexibility index (Phi) is 4.33. The molecule has 1 atom stereocenters. The molecule has 1 heterocycles. The maximum absolute atomic E-state index is 11.5. The minimum Gasteiger partial charge on any atom is -0.480 e. The van der Waals surface area contributed by atoms with Crippen LogP contribution in [0.15, 0.2) is 24.3 Å². The van der Waals surface area contributed by atoms with E-state index in [4.69, 9.17) is 4.74 Å². The van der Waals surface area contributed by atoms with Crippen LogP contribution < -0.4 is 0 Å². The molecule has 1 aromatic carbocycles. The predicted molar refractivity (Wildman–Crippen MR) is 68.6 cm³/mol. The van der Waals surface area contributed by atoms with Crippen LogP contribution in [0.5, 0.6) is 0 Å². The molecule has 1 fully saturated rings. The van der Waals surface area contributed by atoms with E-state index in [1.807, 2.05) is 29.2 Å². The van der Waals surface area contributed by atoms with Gasteiger partial charge in [0.05, 0.1) is 13.2 Å². The Morgan fingerprint density at radius 1 is 1.33 bits per heavy atom. The van der Waals surface area contributed by atoms with E-state index in [1.54, 1.807) is 0 Å². The molecule has 98 valence electrons. The zero-order chi connectivity index (χ0) is 13.0. The van der Waals surface area contributed by atoms with E-state index in [0.717, 1.165) is 12.0 Å². The van der Waals surface area contributed by atoms with Crippen LogP contribution in [0.3, 0.4) is 0 Å². The molecule has 1 unspecified atom stereocenters. The number of rotatable bonds is 4. The van der Waals surface area contributed by atoms with Crippen LogP contribution in [-0.2, 0) is 16.0 Å². The van der Waals surface area contributed by atoms with Gasteiger partial charge in [-0.05, 0) is 17.5 Å². The summed E-state index contributed by atoms with van der Waals surface area (Å²) in [7, 11) is 0. The summed E-state index contributed by atoms with van der Waals surface area (Å²) in [5, 5.41) is 9.42. The zero-order valence-corrected chi connectivity index (χ0v) is 10.6. The van der Waals surface area contributed by atoms with Crippen molar-refractivity contribution in [3.8, 4) is 0 Å². The Bertz CT molecular complexity index is 396. The van der Waals surface area contributed by atoms with Crippen molar-refractivity contribution in [2.75, 3.05) is 26.3 Å². The second kappa shape index (κ2) is 5.98. The van der Waals surface area contributed by atoms with E-state index >= 15 is 0 Å². The highest BCUT2D eigenvalue weighted by Gasteiger charge is 2.28. The van der Waals surface area contributed by atoms with Crippen LogP contribution in [0.4, 0.5) is 0 Å². The maximum atomic E-state index is 11.5. The van der Waals surface area contributed by atoms with Gasteiger partial charge in [-0.25, -0.2) is 0 Å². The van der Waals surface area contributed by atoms with Gasteiger partial charge in [0.25, 0.3) is 0 Å². The minimum absolute atomic E-state index is 0.556. The molecule has 0 saturated carbocycles. The van der Waals surface area contributed by atoms with Gasteiger partial charge in [-0.15, -0.1) is 0 Å². The lowest BCUT2D eigenvalue weighted by Crippen LogP contribution is -2.42. The highest BCUT2D eigenvalue weighted by molar-refractivity contribution is 5.75. The van der Waals surface area contributed by atoms with Gasteiger partial charge in [-0.2, -0.15) is 0 Å². The van der Waals surface area contributed by atoms with Gasteiger partial charge >= 0.3 is 5.97 Å². The average Bonchev–Trinajstić information content (AvgIpc) is 2.40. The molecule has 2 rings (SSSR count). The number of carboxylic acid groups (broad SMARTS) is 1. The Morgan fingerprint density at radius 3 is 2.44 bits per heavy atom. The Balaban J connectivity index is 2.20. The molecule has 4 nitrogen and oxygen atoms in total. The van der Waals surface area contributed by atoms with Crippen LogP contribution >= 0.6 is 0 Å². The normalized spacial score (nSPS) is 18.5.